The minimum atomic E-state index is -1.27. The van der Waals surface area contributed by atoms with Crippen molar-refractivity contribution in [1.82, 2.24) is 4.98 Å². The fraction of sp³-hybridized carbons (Fsp3) is 0.667. The highest BCUT2D eigenvalue weighted by Gasteiger charge is 2.30. The van der Waals surface area contributed by atoms with Crippen molar-refractivity contribution in [2.75, 3.05) is 0 Å². The van der Waals surface area contributed by atoms with Crippen LogP contribution in [0.4, 0.5) is 4.39 Å². The van der Waals surface area contributed by atoms with Gasteiger partial charge >= 0.3 is 0 Å². The van der Waals surface area contributed by atoms with Gasteiger partial charge in [-0.2, -0.15) is 0 Å². The minimum absolute atomic E-state index is 0.308. The zero-order chi connectivity index (χ0) is 10.2. The van der Waals surface area contributed by atoms with Gasteiger partial charge < -0.3 is 0 Å². The third kappa shape index (κ3) is 2.50. The van der Waals surface area contributed by atoms with Crippen molar-refractivity contribution in [1.29, 1.82) is 0 Å². The molecule has 1 aromatic heterocycles. The Kier molecular flexibility index (Phi) is 3.12. The average Bonchev–Trinajstić information content (AvgIpc) is 2.29. The second kappa shape index (κ2) is 3.65. The molecular weight excluding hydrogens is 253 g/mol. The maximum Gasteiger partial charge on any atom is 0.124 e. The summed E-state index contributed by atoms with van der Waals surface area (Å²) in [6.45, 7) is 7.05. The van der Waals surface area contributed by atoms with Gasteiger partial charge in [-0.15, -0.1) is 11.3 Å². The molecule has 0 saturated carbocycles. The van der Waals surface area contributed by atoms with Crippen LogP contribution in [0.1, 0.15) is 34.3 Å². The Morgan fingerprint density at radius 3 is 2.31 bits per heavy atom. The van der Waals surface area contributed by atoms with E-state index < -0.39 is 5.67 Å². The Hall–Kier alpha value is 0.0400. The molecule has 0 spiro atoms. The quantitative estimate of drug-likeness (QED) is 0.739. The van der Waals surface area contributed by atoms with E-state index in [1.54, 1.807) is 25.2 Å². The van der Waals surface area contributed by atoms with Crippen molar-refractivity contribution in [3.63, 3.8) is 0 Å². The van der Waals surface area contributed by atoms with E-state index in [0.717, 1.165) is 15.6 Å². The van der Waals surface area contributed by atoms with E-state index in [1.807, 2.05) is 13.8 Å². The van der Waals surface area contributed by atoms with Crippen LogP contribution in [0.3, 0.4) is 0 Å². The molecule has 1 rings (SSSR count). The van der Waals surface area contributed by atoms with Crippen molar-refractivity contribution < 1.29 is 4.39 Å². The lowest BCUT2D eigenvalue weighted by Gasteiger charge is -2.18. The third-order valence-electron chi connectivity index (χ3n) is 1.86. The van der Waals surface area contributed by atoms with Crippen LogP contribution in [0.25, 0.3) is 0 Å². The molecule has 0 aromatic carbocycles. The molecule has 0 aliphatic carbocycles. The van der Waals surface area contributed by atoms with Crippen molar-refractivity contribution >= 4 is 27.3 Å². The molecule has 1 atom stereocenters. The van der Waals surface area contributed by atoms with Crippen LogP contribution >= 0.6 is 27.3 Å². The Balaban J connectivity index is 2.96. The zero-order valence-corrected chi connectivity index (χ0v) is 10.6. The number of rotatable bonds is 2. The molecular formula is C9H13BrFNS. The van der Waals surface area contributed by atoms with Crippen molar-refractivity contribution in [2.24, 2.45) is 0 Å². The summed E-state index contributed by atoms with van der Waals surface area (Å²) in [7, 11) is 0. The molecule has 0 N–H and O–H groups in total. The molecule has 0 radical (unpaired) electrons. The molecule has 1 aromatic rings. The second-order valence-electron chi connectivity index (χ2n) is 3.62. The number of hydrogen-bond donors (Lipinski definition) is 0. The summed E-state index contributed by atoms with van der Waals surface area (Å²) in [5.74, 6) is 0. The van der Waals surface area contributed by atoms with Crippen LogP contribution in [0.2, 0.25) is 0 Å². The number of alkyl halides is 2. The summed E-state index contributed by atoms with van der Waals surface area (Å²) in [5.41, 5.74) is -0.273. The monoisotopic (exact) mass is 265 g/mol. The molecule has 0 amide bonds. The Morgan fingerprint density at radius 1 is 1.46 bits per heavy atom. The normalized spacial score (nSPS) is 14.6. The van der Waals surface area contributed by atoms with Gasteiger partial charge in [-0.05, 0) is 27.7 Å². The molecule has 0 fully saturated rings. The highest BCUT2D eigenvalue weighted by molar-refractivity contribution is 9.09. The van der Waals surface area contributed by atoms with Crippen molar-refractivity contribution in [3.05, 3.63) is 15.6 Å². The minimum Gasteiger partial charge on any atom is -0.245 e. The molecule has 74 valence electrons. The number of aryl methyl sites for hydroxylation is 2. The molecule has 0 aliphatic rings. The summed E-state index contributed by atoms with van der Waals surface area (Å²) in [6.07, 6.45) is 0. The SMILES string of the molecule is Cc1nc(C(Br)C(C)(C)F)sc1C. The first-order valence-electron chi connectivity index (χ1n) is 4.09. The highest BCUT2D eigenvalue weighted by Crippen LogP contribution is 2.39. The van der Waals surface area contributed by atoms with Crippen molar-refractivity contribution in [3.8, 4) is 0 Å². The van der Waals surface area contributed by atoms with Gasteiger partial charge in [0.1, 0.15) is 10.7 Å². The van der Waals surface area contributed by atoms with Crippen LogP contribution in [0, 0.1) is 13.8 Å². The van der Waals surface area contributed by atoms with E-state index in [0.29, 0.717) is 0 Å². The Bertz CT molecular complexity index is 284. The first kappa shape index (κ1) is 11.1. The highest BCUT2D eigenvalue weighted by atomic mass is 79.9. The van der Waals surface area contributed by atoms with Gasteiger partial charge in [0.05, 0.1) is 10.5 Å². The summed E-state index contributed by atoms with van der Waals surface area (Å²) in [5, 5.41) is 0.822. The van der Waals surface area contributed by atoms with Gasteiger partial charge in [-0.1, -0.05) is 15.9 Å². The van der Waals surface area contributed by atoms with E-state index in [-0.39, 0.29) is 4.83 Å². The van der Waals surface area contributed by atoms with Crippen LogP contribution in [0.15, 0.2) is 0 Å². The lowest BCUT2D eigenvalue weighted by atomic mass is 10.1. The van der Waals surface area contributed by atoms with E-state index in [4.69, 9.17) is 0 Å². The number of halogens is 2. The number of aromatic nitrogens is 1. The van der Waals surface area contributed by atoms with Gasteiger partial charge in [0.25, 0.3) is 0 Å². The molecule has 0 aliphatic heterocycles. The van der Waals surface area contributed by atoms with Crippen LogP contribution in [-0.4, -0.2) is 10.7 Å². The molecule has 1 heterocycles. The largest absolute Gasteiger partial charge is 0.245 e. The molecule has 0 bridgehead atoms. The summed E-state index contributed by atoms with van der Waals surface area (Å²) >= 11 is 4.88. The van der Waals surface area contributed by atoms with Gasteiger partial charge in [0.2, 0.25) is 0 Å². The predicted octanol–water partition coefficient (Wildman–Crippen LogP) is 3.94. The third-order valence-corrected chi connectivity index (χ3v) is 4.83. The van der Waals surface area contributed by atoms with E-state index in [2.05, 4.69) is 20.9 Å². The molecule has 13 heavy (non-hydrogen) atoms. The van der Waals surface area contributed by atoms with Crippen LogP contribution < -0.4 is 0 Å². The summed E-state index contributed by atoms with van der Waals surface area (Å²) in [4.78, 5) is 5.16. The fourth-order valence-electron chi connectivity index (χ4n) is 0.900. The standard InChI is InChI=1S/C9H13BrFNS/c1-5-6(2)13-8(12-5)7(10)9(3,4)11/h7H,1-4H3. The number of thiazole rings is 1. The number of nitrogens with zero attached hydrogens (tertiary/aromatic N) is 1. The molecule has 1 unspecified atom stereocenters. The van der Waals surface area contributed by atoms with E-state index in [1.165, 1.54) is 0 Å². The zero-order valence-electron chi connectivity index (χ0n) is 8.19. The first-order valence-corrected chi connectivity index (χ1v) is 5.82. The summed E-state index contributed by atoms with van der Waals surface area (Å²) < 4.78 is 13.5. The summed E-state index contributed by atoms with van der Waals surface area (Å²) in [6, 6.07) is 0. The van der Waals surface area contributed by atoms with E-state index >= 15 is 0 Å². The second-order valence-corrected chi connectivity index (χ2v) is 5.77. The molecule has 1 nitrogen and oxygen atoms in total. The molecule has 0 saturated heterocycles. The van der Waals surface area contributed by atoms with Crippen LogP contribution in [0.5, 0.6) is 0 Å². The Labute approximate surface area is 90.5 Å². The van der Waals surface area contributed by atoms with E-state index in [9.17, 15) is 4.39 Å². The van der Waals surface area contributed by atoms with Crippen molar-refractivity contribution in [2.45, 2.75) is 38.2 Å². The van der Waals surface area contributed by atoms with Gasteiger partial charge in [0.15, 0.2) is 0 Å². The fourth-order valence-corrected chi connectivity index (χ4v) is 2.36. The number of hydrogen-bond acceptors (Lipinski definition) is 2. The predicted molar refractivity (Wildman–Crippen MR) is 58.4 cm³/mol. The molecule has 4 heteroatoms. The van der Waals surface area contributed by atoms with Gasteiger partial charge in [-0.3, -0.25) is 0 Å². The van der Waals surface area contributed by atoms with Crippen LogP contribution in [-0.2, 0) is 0 Å². The Morgan fingerprint density at radius 2 is 2.00 bits per heavy atom. The average molecular weight is 266 g/mol. The lowest BCUT2D eigenvalue weighted by molar-refractivity contribution is 0.215. The topological polar surface area (TPSA) is 12.9 Å². The van der Waals surface area contributed by atoms with Gasteiger partial charge in [-0.25, -0.2) is 9.37 Å². The first-order chi connectivity index (χ1) is 5.82. The maximum atomic E-state index is 13.5. The maximum absolute atomic E-state index is 13.5. The van der Waals surface area contributed by atoms with Gasteiger partial charge in [0, 0.05) is 4.88 Å². The smallest absolute Gasteiger partial charge is 0.124 e. The lowest BCUT2D eigenvalue weighted by Crippen LogP contribution is -2.18.